The molecule has 2 saturated heterocycles. The van der Waals surface area contributed by atoms with E-state index in [-0.39, 0.29) is 5.60 Å². The van der Waals surface area contributed by atoms with Crippen LogP contribution in [0.5, 0.6) is 5.75 Å². The molecule has 2 atom stereocenters. The predicted molar refractivity (Wildman–Crippen MR) is 131 cm³/mol. The number of aromatic nitrogens is 5. The summed E-state index contributed by atoms with van der Waals surface area (Å²) in [4.78, 5) is 4.48. The minimum atomic E-state index is -0.234. The second kappa shape index (κ2) is 8.00. The number of aryl methyl sites for hydroxylation is 1. The Balaban J connectivity index is 1.13. The fraction of sp³-hybridized carbons (Fsp3) is 0.385. The molecule has 0 spiro atoms. The largest absolute Gasteiger partial charge is 0.488 e. The normalized spacial score (nSPS) is 23.2. The van der Waals surface area contributed by atoms with Gasteiger partial charge in [-0.1, -0.05) is 0 Å². The van der Waals surface area contributed by atoms with Gasteiger partial charge in [-0.05, 0) is 62.1 Å². The third-order valence-electron chi connectivity index (χ3n) is 7.13. The number of fused-ring (bicyclic) bond motifs is 3. The summed E-state index contributed by atoms with van der Waals surface area (Å²) in [6.07, 6.45) is 7.20. The first kappa shape index (κ1) is 20.8. The van der Waals surface area contributed by atoms with Gasteiger partial charge in [0.1, 0.15) is 18.0 Å². The zero-order valence-corrected chi connectivity index (χ0v) is 19.6. The Bertz CT molecular complexity index is 1390. The molecule has 35 heavy (non-hydrogen) atoms. The lowest BCUT2D eigenvalue weighted by Gasteiger charge is -2.27. The van der Waals surface area contributed by atoms with Crippen molar-refractivity contribution < 1.29 is 9.47 Å². The second-order valence-electron chi connectivity index (χ2n) is 9.94. The van der Waals surface area contributed by atoms with Crippen LogP contribution < -0.4 is 15.4 Å². The van der Waals surface area contributed by atoms with E-state index in [1.807, 2.05) is 48.1 Å². The first-order chi connectivity index (χ1) is 17.1. The fourth-order valence-corrected chi connectivity index (χ4v) is 5.04. The average molecular weight is 470 g/mol. The highest BCUT2D eigenvalue weighted by molar-refractivity contribution is 5.75. The van der Waals surface area contributed by atoms with Crippen LogP contribution in [0.1, 0.15) is 36.6 Å². The van der Waals surface area contributed by atoms with Gasteiger partial charge in [-0.25, -0.2) is 4.52 Å². The minimum Gasteiger partial charge on any atom is -0.488 e. The van der Waals surface area contributed by atoms with Gasteiger partial charge in [-0.15, -0.1) is 5.10 Å². The molecule has 2 N–H and O–H groups in total. The molecule has 178 valence electrons. The maximum Gasteiger partial charge on any atom is 0.154 e. The number of ether oxygens (including phenoxy) is 2. The highest BCUT2D eigenvalue weighted by Crippen LogP contribution is 2.39. The molecular formula is C26H27N7O2. The van der Waals surface area contributed by atoms with Crippen LogP contribution in [0.4, 0.5) is 11.6 Å². The molecule has 7 rings (SSSR count). The SMILES string of the molecule is Cc1cc(-c2ccn3nc(Nc4ccc(C5CC5)nn4)cc3c2)c(OC[C@@]23CN[C@@H](CO2)C3)cn1. The molecular weight excluding hydrogens is 442 g/mol. The summed E-state index contributed by atoms with van der Waals surface area (Å²) in [7, 11) is 0. The maximum absolute atomic E-state index is 6.30. The molecule has 0 aromatic carbocycles. The highest BCUT2D eigenvalue weighted by Gasteiger charge is 2.47. The van der Waals surface area contributed by atoms with Gasteiger partial charge in [-0.2, -0.15) is 10.2 Å². The average Bonchev–Trinajstić information content (AvgIpc) is 3.35. The van der Waals surface area contributed by atoms with Gasteiger partial charge in [0.25, 0.3) is 0 Å². The van der Waals surface area contributed by atoms with Gasteiger partial charge in [0.2, 0.25) is 0 Å². The van der Waals surface area contributed by atoms with Gasteiger partial charge in [-0.3, -0.25) is 4.98 Å². The summed E-state index contributed by atoms with van der Waals surface area (Å²) in [6.45, 7) is 4.09. The lowest BCUT2D eigenvalue weighted by Crippen LogP contribution is -2.43. The van der Waals surface area contributed by atoms with E-state index in [0.717, 1.165) is 59.2 Å². The number of nitrogens with zero attached hydrogens (tertiary/aromatic N) is 5. The van der Waals surface area contributed by atoms with E-state index < -0.39 is 0 Å². The van der Waals surface area contributed by atoms with Crippen molar-refractivity contribution in [3.8, 4) is 16.9 Å². The van der Waals surface area contributed by atoms with Crippen LogP contribution >= 0.6 is 0 Å². The summed E-state index contributed by atoms with van der Waals surface area (Å²) >= 11 is 0. The minimum absolute atomic E-state index is 0.234. The number of pyridine rings is 2. The summed E-state index contributed by atoms with van der Waals surface area (Å²) in [6, 6.07) is 12.7. The van der Waals surface area contributed by atoms with Crippen LogP contribution in [-0.2, 0) is 4.74 Å². The van der Waals surface area contributed by atoms with Gasteiger partial charge >= 0.3 is 0 Å². The highest BCUT2D eigenvalue weighted by atomic mass is 16.6. The lowest BCUT2D eigenvalue weighted by molar-refractivity contribution is -0.0363. The summed E-state index contributed by atoms with van der Waals surface area (Å²) in [5, 5.41) is 20.1. The number of nitrogens with one attached hydrogen (secondary N) is 2. The molecule has 1 aliphatic carbocycles. The molecule has 0 amide bonds. The van der Waals surface area contributed by atoms with E-state index in [2.05, 4.69) is 43.0 Å². The van der Waals surface area contributed by atoms with Crippen LogP contribution in [0.15, 0.2) is 48.8 Å². The first-order valence-corrected chi connectivity index (χ1v) is 12.2. The molecule has 2 aliphatic heterocycles. The van der Waals surface area contributed by atoms with Crippen LogP contribution in [0.2, 0.25) is 0 Å². The number of morpholine rings is 1. The third kappa shape index (κ3) is 4.00. The molecule has 3 fully saturated rings. The smallest absolute Gasteiger partial charge is 0.154 e. The van der Waals surface area contributed by atoms with Gasteiger partial charge in [0, 0.05) is 42.0 Å². The van der Waals surface area contributed by atoms with E-state index in [1.54, 1.807) is 0 Å². The lowest BCUT2D eigenvalue weighted by atomic mass is 10.0. The molecule has 4 aromatic rings. The number of rotatable bonds is 7. The summed E-state index contributed by atoms with van der Waals surface area (Å²) in [5.41, 5.74) is 4.80. The van der Waals surface area contributed by atoms with Crippen molar-refractivity contribution >= 4 is 17.2 Å². The Kier molecular flexibility index (Phi) is 4.75. The molecule has 3 aliphatic rings. The van der Waals surface area contributed by atoms with Crippen molar-refractivity contribution in [1.82, 2.24) is 30.1 Å². The Morgan fingerprint density at radius 1 is 1.17 bits per heavy atom. The van der Waals surface area contributed by atoms with Crippen molar-refractivity contribution in [2.75, 3.05) is 25.1 Å². The topological polar surface area (TPSA) is 98.5 Å². The first-order valence-electron chi connectivity index (χ1n) is 12.2. The Labute approximate surface area is 202 Å². The van der Waals surface area contributed by atoms with Crippen molar-refractivity contribution in [1.29, 1.82) is 0 Å². The monoisotopic (exact) mass is 469 g/mol. The van der Waals surface area contributed by atoms with Crippen molar-refractivity contribution in [2.24, 2.45) is 0 Å². The van der Waals surface area contributed by atoms with E-state index >= 15 is 0 Å². The second-order valence-corrected chi connectivity index (χ2v) is 9.94. The number of hydrogen-bond donors (Lipinski definition) is 2. The van der Waals surface area contributed by atoms with Crippen molar-refractivity contribution in [3.63, 3.8) is 0 Å². The summed E-state index contributed by atoms with van der Waals surface area (Å²) < 4.78 is 14.2. The molecule has 0 radical (unpaired) electrons. The van der Waals surface area contributed by atoms with E-state index in [4.69, 9.17) is 9.47 Å². The molecule has 6 heterocycles. The zero-order valence-electron chi connectivity index (χ0n) is 19.6. The summed E-state index contributed by atoms with van der Waals surface area (Å²) in [5.74, 6) is 2.76. The fourth-order valence-electron chi connectivity index (χ4n) is 5.04. The van der Waals surface area contributed by atoms with Crippen LogP contribution in [0, 0.1) is 6.92 Å². The van der Waals surface area contributed by atoms with Crippen LogP contribution in [0.25, 0.3) is 16.6 Å². The Morgan fingerprint density at radius 3 is 2.86 bits per heavy atom. The zero-order chi connectivity index (χ0) is 23.4. The quantitative estimate of drug-likeness (QED) is 0.424. The molecule has 9 heteroatoms. The van der Waals surface area contributed by atoms with Crippen molar-refractivity contribution in [3.05, 3.63) is 60.2 Å². The molecule has 0 unspecified atom stereocenters. The molecule has 9 nitrogen and oxygen atoms in total. The number of hydrogen-bond acceptors (Lipinski definition) is 8. The van der Waals surface area contributed by atoms with E-state index in [9.17, 15) is 0 Å². The van der Waals surface area contributed by atoms with Crippen molar-refractivity contribution in [2.45, 2.75) is 43.7 Å². The predicted octanol–water partition coefficient (Wildman–Crippen LogP) is 3.63. The number of anilines is 2. The van der Waals surface area contributed by atoms with Gasteiger partial charge in [0.15, 0.2) is 11.6 Å². The van der Waals surface area contributed by atoms with E-state index in [0.29, 0.717) is 24.4 Å². The van der Waals surface area contributed by atoms with Gasteiger partial charge < -0.3 is 20.1 Å². The molecule has 1 saturated carbocycles. The molecule has 2 bridgehead atoms. The third-order valence-corrected chi connectivity index (χ3v) is 7.13. The Hall–Kier alpha value is -3.56. The van der Waals surface area contributed by atoms with Crippen LogP contribution in [0.3, 0.4) is 0 Å². The maximum atomic E-state index is 6.30. The standard InChI is InChI=1S/C26H27N7O2/c1-16-8-21(23(12-27-16)34-15-26-11-19(13-35-26)28-14-26)18-6-7-33-20(9-18)10-25(32-33)29-24-5-4-22(30-31-24)17-2-3-17/h4-10,12,17,19,28H,2-3,11,13-15H2,1H3,(H,29,31,32)/t19-,26-/m1/s1. The molecule has 4 aromatic heterocycles. The van der Waals surface area contributed by atoms with Gasteiger partial charge in [0.05, 0.1) is 24.0 Å². The Morgan fingerprint density at radius 2 is 2.11 bits per heavy atom. The van der Waals surface area contributed by atoms with E-state index in [1.165, 1.54) is 12.8 Å². The van der Waals surface area contributed by atoms with Crippen LogP contribution in [-0.4, -0.2) is 56.2 Å².